The Morgan fingerprint density at radius 3 is 2.50 bits per heavy atom. The second kappa shape index (κ2) is 8.85. The fourth-order valence-electron chi connectivity index (χ4n) is 1.85. The summed E-state index contributed by atoms with van der Waals surface area (Å²) >= 11 is 0. The number of anilines is 1. The second-order valence-electron chi connectivity index (χ2n) is 5.69. The second-order valence-corrected chi connectivity index (χ2v) is 5.69. The summed E-state index contributed by atoms with van der Waals surface area (Å²) in [7, 11) is 1.38. The molecule has 1 aromatic rings. The van der Waals surface area contributed by atoms with Gasteiger partial charge in [-0.25, -0.2) is 0 Å². The van der Waals surface area contributed by atoms with Crippen LogP contribution in [0.25, 0.3) is 0 Å². The third-order valence-electron chi connectivity index (χ3n) is 3.26. The molecule has 1 amide bonds. The molecule has 8 heteroatoms. The van der Waals surface area contributed by atoms with Crippen LogP contribution in [0.15, 0.2) is 18.2 Å². The van der Waals surface area contributed by atoms with Crippen molar-refractivity contribution in [1.29, 1.82) is 0 Å². The van der Waals surface area contributed by atoms with Gasteiger partial charge in [-0.1, -0.05) is 13.8 Å². The van der Waals surface area contributed by atoms with E-state index in [4.69, 9.17) is 9.47 Å². The first-order chi connectivity index (χ1) is 11.2. The predicted molar refractivity (Wildman–Crippen MR) is 87.9 cm³/mol. The molecule has 0 aliphatic rings. The highest BCUT2D eigenvalue weighted by molar-refractivity contribution is 5.97. The van der Waals surface area contributed by atoms with Gasteiger partial charge in [-0.05, 0) is 31.4 Å². The summed E-state index contributed by atoms with van der Waals surface area (Å²) in [4.78, 5) is 34.2. The number of rotatable bonds is 8. The molecule has 0 saturated heterocycles. The highest BCUT2D eigenvalue weighted by Gasteiger charge is 2.22. The number of benzene rings is 1. The van der Waals surface area contributed by atoms with Crippen LogP contribution < -0.4 is 10.1 Å². The lowest BCUT2D eigenvalue weighted by Crippen LogP contribution is -2.30. The number of methoxy groups -OCH3 is 1. The van der Waals surface area contributed by atoms with Crippen molar-refractivity contribution in [3.8, 4) is 5.75 Å². The molecule has 0 aliphatic heterocycles. The molecule has 1 atom stereocenters. The van der Waals surface area contributed by atoms with Gasteiger partial charge in [0.05, 0.1) is 18.1 Å². The summed E-state index contributed by atoms with van der Waals surface area (Å²) in [5, 5.41) is 13.5. The third-order valence-corrected chi connectivity index (χ3v) is 3.26. The zero-order chi connectivity index (χ0) is 18.3. The van der Waals surface area contributed by atoms with Crippen LogP contribution in [-0.2, 0) is 14.3 Å². The van der Waals surface area contributed by atoms with Crippen molar-refractivity contribution in [3.63, 3.8) is 0 Å². The average Bonchev–Trinajstić information content (AvgIpc) is 2.52. The largest absolute Gasteiger partial charge is 0.496 e. The molecule has 1 rings (SSSR count). The van der Waals surface area contributed by atoms with Gasteiger partial charge in [0, 0.05) is 6.42 Å². The highest BCUT2D eigenvalue weighted by Crippen LogP contribution is 2.29. The molecule has 0 aliphatic carbocycles. The minimum Gasteiger partial charge on any atom is -0.496 e. The van der Waals surface area contributed by atoms with Crippen LogP contribution in [0.5, 0.6) is 5.75 Å². The number of ether oxygens (including phenoxy) is 2. The first-order valence-corrected chi connectivity index (χ1v) is 7.57. The van der Waals surface area contributed by atoms with E-state index >= 15 is 0 Å². The summed E-state index contributed by atoms with van der Waals surface area (Å²) < 4.78 is 9.96. The molecule has 0 radical (unpaired) electrons. The van der Waals surface area contributed by atoms with Crippen LogP contribution in [0, 0.1) is 16.0 Å². The van der Waals surface area contributed by atoms with E-state index < -0.39 is 22.9 Å². The maximum absolute atomic E-state index is 12.1. The predicted octanol–water partition coefficient (Wildman–Crippen LogP) is 2.91. The Hall–Kier alpha value is -2.64. The first-order valence-electron chi connectivity index (χ1n) is 7.57. The minimum atomic E-state index is -1.05. The number of amides is 1. The molecule has 0 bridgehead atoms. The SMILES string of the molecule is COc1ccc(NC(=O)[C@@H](C)OC(=O)CCC(C)C)c([N+](=O)[O-])c1. The van der Waals surface area contributed by atoms with Crippen molar-refractivity contribution in [3.05, 3.63) is 28.3 Å². The lowest BCUT2D eigenvalue weighted by molar-refractivity contribution is -0.384. The lowest BCUT2D eigenvalue weighted by atomic mass is 10.1. The number of carbonyl (C=O) groups is 2. The molecule has 0 spiro atoms. The normalized spacial score (nSPS) is 11.7. The van der Waals surface area contributed by atoms with Crippen molar-refractivity contribution in [2.75, 3.05) is 12.4 Å². The van der Waals surface area contributed by atoms with Gasteiger partial charge in [-0.3, -0.25) is 19.7 Å². The van der Waals surface area contributed by atoms with Crippen molar-refractivity contribution >= 4 is 23.3 Å². The third kappa shape index (κ3) is 5.86. The van der Waals surface area contributed by atoms with Gasteiger partial charge in [-0.2, -0.15) is 0 Å². The van der Waals surface area contributed by atoms with Crippen LogP contribution in [0.4, 0.5) is 11.4 Å². The zero-order valence-electron chi connectivity index (χ0n) is 14.2. The Morgan fingerprint density at radius 1 is 1.29 bits per heavy atom. The van der Waals surface area contributed by atoms with Crippen LogP contribution in [0.1, 0.15) is 33.6 Å². The Labute approximate surface area is 140 Å². The van der Waals surface area contributed by atoms with Gasteiger partial charge in [0.25, 0.3) is 11.6 Å². The summed E-state index contributed by atoms with van der Waals surface area (Å²) in [6.45, 7) is 5.37. The molecule has 132 valence electrons. The number of nitro benzene ring substituents is 1. The molecule has 1 N–H and O–H groups in total. The Bertz CT molecular complexity index is 615. The van der Waals surface area contributed by atoms with E-state index in [0.717, 1.165) is 0 Å². The molecule has 1 aromatic carbocycles. The van der Waals surface area contributed by atoms with E-state index in [0.29, 0.717) is 18.1 Å². The van der Waals surface area contributed by atoms with Gasteiger partial charge in [0.1, 0.15) is 11.4 Å². The Kier molecular flexibility index (Phi) is 7.16. The minimum absolute atomic E-state index is 0.0101. The molecule has 0 heterocycles. The van der Waals surface area contributed by atoms with Crippen molar-refractivity contribution < 1.29 is 24.0 Å². The molecule has 0 fully saturated rings. The number of nitrogens with one attached hydrogen (secondary N) is 1. The Balaban J connectivity index is 2.73. The summed E-state index contributed by atoms with van der Waals surface area (Å²) in [5.74, 6) is -0.465. The number of hydrogen-bond donors (Lipinski definition) is 1. The van der Waals surface area contributed by atoms with E-state index in [-0.39, 0.29) is 17.8 Å². The van der Waals surface area contributed by atoms with Gasteiger partial charge >= 0.3 is 5.97 Å². The van der Waals surface area contributed by atoms with Gasteiger partial charge < -0.3 is 14.8 Å². The zero-order valence-corrected chi connectivity index (χ0v) is 14.2. The topological polar surface area (TPSA) is 108 Å². The maximum Gasteiger partial charge on any atom is 0.306 e. The summed E-state index contributed by atoms with van der Waals surface area (Å²) in [6.07, 6.45) is -0.166. The first kappa shape index (κ1) is 19.4. The summed E-state index contributed by atoms with van der Waals surface area (Å²) in [6, 6.07) is 4.05. The van der Waals surface area contributed by atoms with Crippen LogP contribution >= 0.6 is 0 Å². The number of carbonyl (C=O) groups excluding carboxylic acids is 2. The monoisotopic (exact) mass is 338 g/mol. The van der Waals surface area contributed by atoms with E-state index in [1.807, 2.05) is 13.8 Å². The van der Waals surface area contributed by atoms with Gasteiger partial charge in [0.15, 0.2) is 6.10 Å². The van der Waals surface area contributed by atoms with Crippen molar-refractivity contribution in [2.45, 2.75) is 39.7 Å². The quantitative estimate of drug-likeness (QED) is 0.443. The molecule has 0 saturated carbocycles. The van der Waals surface area contributed by atoms with Crippen molar-refractivity contribution in [2.24, 2.45) is 5.92 Å². The highest BCUT2D eigenvalue weighted by atomic mass is 16.6. The van der Waals surface area contributed by atoms with Gasteiger partial charge in [-0.15, -0.1) is 0 Å². The fraction of sp³-hybridized carbons (Fsp3) is 0.500. The number of esters is 1. The Morgan fingerprint density at radius 2 is 1.96 bits per heavy atom. The molecular formula is C16H22N2O6. The maximum atomic E-state index is 12.1. The molecule has 24 heavy (non-hydrogen) atoms. The van der Waals surface area contributed by atoms with E-state index in [2.05, 4.69) is 5.32 Å². The van der Waals surface area contributed by atoms with Crippen LogP contribution in [-0.4, -0.2) is 30.0 Å². The smallest absolute Gasteiger partial charge is 0.306 e. The number of hydrogen-bond acceptors (Lipinski definition) is 6. The van der Waals surface area contributed by atoms with Crippen molar-refractivity contribution in [1.82, 2.24) is 0 Å². The average molecular weight is 338 g/mol. The molecule has 0 aromatic heterocycles. The van der Waals surface area contributed by atoms with E-state index in [9.17, 15) is 19.7 Å². The van der Waals surface area contributed by atoms with Crippen LogP contribution in [0.3, 0.4) is 0 Å². The molecular weight excluding hydrogens is 316 g/mol. The van der Waals surface area contributed by atoms with Gasteiger partial charge in [0.2, 0.25) is 0 Å². The molecule has 8 nitrogen and oxygen atoms in total. The fourth-order valence-corrected chi connectivity index (χ4v) is 1.85. The number of nitro groups is 1. The molecule has 0 unspecified atom stereocenters. The van der Waals surface area contributed by atoms with E-state index in [1.54, 1.807) is 0 Å². The lowest BCUT2D eigenvalue weighted by Gasteiger charge is -2.14. The summed E-state index contributed by atoms with van der Waals surface area (Å²) in [5.41, 5.74) is -0.295. The van der Waals surface area contributed by atoms with E-state index in [1.165, 1.54) is 32.2 Å². The number of nitrogens with zero attached hydrogens (tertiary/aromatic N) is 1. The standard InChI is InChI=1S/C16H22N2O6/c1-10(2)5-8-15(19)24-11(3)16(20)17-13-7-6-12(23-4)9-14(13)18(21)22/h6-7,9-11H,5,8H2,1-4H3,(H,17,20)/t11-/m1/s1. The van der Waals surface area contributed by atoms with Crippen LogP contribution in [0.2, 0.25) is 0 Å².